The van der Waals surface area contributed by atoms with Gasteiger partial charge >= 0.3 is 0 Å². The summed E-state index contributed by atoms with van der Waals surface area (Å²) < 4.78 is 30.2. The first-order valence-electron chi connectivity index (χ1n) is 8.42. The molecule has 0 saturated carbocycles. The summed E-state index contributed by atoms with van der Waals surface area (Å²) in [5.74, 6) is 0.475. The molecule has 0 aromatic heterocycles. The summed E-state index contributed by atoms with van der Waals surface area (Å²) in [5, 5.41) is 9.43. The molecule has 4 nitrogen and oxygen atoms in total. The van der Waals surface area contributed by atoms with Gasteiger partial charge in [-0.1, -0.05) is 42.3 Å². The molecule has 3 rings (SSSR count). The third-order valence-electron chi connectivity index (χ3n) is 4.93. The van der Waals surface area contributed by atoms with Crippen molar-refractivity contribution in [3.05, 3.63) is 46.5 Å². The van der Waals surface area contributed by atoms with Crippen LogP contribution in [-0.2, 0) is 14.6 Å². The van der Waals surface area contributed by atoms with Crippen molar-refractivity contribution in [1.29, 1.82) is 0 Å². The predicted molar refractivity (Wildman–Crippen MR) is 95.6 cm³/mol. The predicted octanol–water partition coefficient (Wildman–Crippen LogP) is 3.48. The number of phenolic OH excluding ortho intramolecular Hbond substituents is 1. The van der Waals surface area contributed by atoms with Crippen LogP contribution in [-0.4, -0.2) is 37.2 Å². The molecule has 1 aromatic rings. The molecule has 2 aliphatic rings. The maximum atomic E-state index is 12.2. The molecule has 2 atom stereocenters. The van der Waals surface area contributed by atoms with Gasteiger partial charge in [0.15, 0.2) is 9.84 Å². The van der Waals surface area contributed by atoms with Crippen molar-refractivity contribution in [1.82, 2.24) is 0 Å². The molecule has 2 aliphatic heterocycles. The SMILES string of the molecule is CCC1=C2[C@@H](CC/C(C)=C/c3ccccc3O)OC[C@@H]2S(=O)(=O)C1. The number of ether oxygens (including phenoxy) is 1. The van der Waals surface area contributed by atoms with E-state index in [9.17, 15) is 13.5 Å². The van der Waals surface area contributed by atoms with Gasteiger partial charge in [0.2, 0.25) is 0 Å². The van der Waals surface area contributed by atoms with Crippen LogP contribution in [0.2, 0.25) is 0 Å². The summed E-state index contributed by atoms with van der Waals surface area (Å²) >= 11 is 0. The summed E-state index contributed by atoms with van der Waals surface area (Å²) in [7, 11) is -3.06. The molecule has 0 radical (unpaired) electrons. The van der Waals surface area contributed by atoms with Crippen molar-refractivity contribution in [3.63, 3.8) is 0 Å². The van der Waals surface area contributed by atoms with Gasteiger partial charge in [-0.15, -0.1) is 0 Å². The van der Waals surface area contributed by atoms with Crippen molar-refractivity contribution in [2.75, 3.05) is 12.4 Å². The Balaban J connectivity index is 1.70. The van der Waals surface area contributed by atoms with Gasteiger partial charge in [0.25, 0.3) is 0 Å². The highest BCUT2D eigenvalue weighted by atomic mass is 32.2. The molecular formula is C19H24O4S. The molecule has 1 aromatic carbocycles. The van der Waals surface area contributed by atoms with Gasteiger partial charge in [-0.3, -0.25) is 0 Å². The van der Waals surface area contributed by atoms with E-state index in [1.54, 1.807) is 12.1 Å². The number of allylic oxidation sites excluding steroid dienone is 1. The fourth-order valence-electron chi connectivity index (χ4n) is 3.62. The third kappa shape index (κ3) is 3.28. The van der Waals surface area contributed by atoms with E-state index in [-0.39, 0.29) is 17.6 Å². The molecule has 1 N–H and O–H groups in total. The quantitative estimate of drug-likeness (QED) is 0.828. The van der Waals surface area contributed by atoms with Crippen LogP contribution >= 0.6 is 0 Å². The van der Waals surface area contributed by atoms with Crippen LogP contribution in [0.25, 0.3) is 6.08 Å². The number of sulfone groups is 1. The fraction of sp³-hybridized carbons (Fsp3) is 0.474. The molecule has 2 heterocycles. The Labute approximate surface area is 143 Å². The van der Waals surface area contributed by atoms with E-state index in [4.69, 9.17) is 4.74 Å². The first kappa shape index (κ1) is 17.2. The Kier molecular flexibility index (Phi) is 4.83. The van der Waals surface area contributed by atoms with Crippen LogP contribution in [0.5, 0.6) is 5.75 Å². The van der Waals surface area contributed by atoms with Crippen molar-refractivity contribution in [3.8, 4) is 5.75 Å². The highest BCUT2D eigenvalue weighted by Gasteiger charge is 2.46. The van der Waals surface area contributed by atoms with Crippen molar-refractivity contribution in [2.24, 2.45) is 0 Å². The summed E-state index contributed by atoms with van der Waals surface area (Å²) in [4.78, 5) is 0. The van der Waals surface area contributed by atoms with Gasteiger partial charge in [0.1, 0.15) is 11.0 Å². The highest BCUT2D eigenvalue weighted by molar-refractivity contribution is 7.92. The Hall–Kier alpha value is -1.59. The molecule has 1 saturated heterocycles. The molecule has 5 heteroatoms. The van der Waals surface area contributed by atoms with E-state index in [1.165, 1.54) is 0 Å². The largest absolute Gasteiger partial charge is 0.507 e. The van der Waals surface area contributed by atoms with Crippen molar-refractivity contribution >= 4 is 15.9 Å². The minimum atomic E-state index is -3.06. The lowest BCUT2D eigenvalue weighted by atomic mass is 9.96. The molecule has 0 bridgehead atoms. The number of rotatable bonds is 5. The smallest absolute Gasteiger partial charge is 0.163 e. The number of benzene rings is 1. The van der Waals surface area contributed by atoms with Crippen LogP contribution in [0.15, 0.2) is 41.0 Å². The van der Waals surface area contributed by atoms with Crippen LogP contribution in [0, 0.1) is 0 Å². The van der Waals surface area contributed by atoms with Crippen LogP contribution < -0.4 is 0 Å². The summed E-state index contributed by atoms with van der Waals surface area (Å²) in [5.41, 5.74) is 4.01. The van der Waals surface area contributed by atoms with E-state index < -0.39 is 15.1 Å². The lowest BCUT2D eigenvalue weighted by Crippen LogP contribution is -2.19. The summed E-state index contributed by atoms with van der Waals surface area (Å²) in [6.45, 7) is 4.34. The average molecular weight is 348 g/mol. The van der Waals surface area contributed by atoms with Crippen LogP contribution in [0.1, 0.15) is 38.7 Å². The monoisotopic (exact) mass is 348 g/mol. The van der Waals surface area contributed by atoms with Crippen LogP contribution in [0.3, 0.4) is 0 Å². The molecule has 0 aliphatic carbocycles. The lowest BCUT2D eigenvalue weighted by molar-refractivity contribution is 0.117. The van der Waals surface area contributed by atoms with Gasteiger partial charge in [-0.25, -0.2) is 8.42 Å². The average Bonchev–Trinajstić information content (AvgIpc) is 3.07. The Morgan fingerprint density at radius 1 is 1.38 bits per heavy atom. The number of aromatic hydroxyl groups is 1. The molecule has 0 amide bonds. The first-order chi connectivity index (χ1) is 11.4. The first-order valence-corrected chi connectivity index (χ1v) is 10.1. The van der Waals surface area contributed by atoms with Gasteiger partial charge in [0.05, 0.1) is 18.5 Å². The minimum absolute atomic E-state index is 0.0880. The van der Waals surface area contributed by atoms with Crippen molar-refractivity contribution in [2.45, 2.75) is 44.5 Å². The maximum Gasteiger partial charge on any atom is 0.163 e. The zero-order chi connectivity index (χ0) is 17.3. The zero-order valence-corrected chi connectivity index (χ0v) is 15.0. The highest BCUT2D eigenvalue weighted by Crippen LogP contribution is 2.39. The minimum Gasteiger partial charge on any atom is -0.507 e. The molecule has 24 heavy (non-hydrogen) atoms. The number of fused-ring (bicyclic) bond motifs is 1. The number of para-hydroxylation sites is 1. The van der Waals surface area contributed by atoms with E-state index >= 15 is 0 Å². The molecule has 0 spiro atoms. The number of phenols is 1. The second kappa shape index (κ2) is 6.73. The Morgan fingerprint density at radius 2 is 2.12 bits per heavy atom. The van der Waals surface area contributed by atoms with E-state index in [2.05, 4.69) is 0 Å². The maximum absolute atomic E-state index is 12.2. The standard InChI is InChI=1S/C19H24O4S/c1-3-14-12-24(21,22)18-11-23-17(19(14)18)9-8-13(2)10-15-6-4-5-7-16(15)20/h4-7,10,17-18,20H,3,8-9,11-12H2,1-2H3/b13-10+/t17-,18+/m1/s1. The Bertz CT molecular complexity index is 789. The molecule has 130 valence electrons. The van der Waals surface area contributed by atoms with E-state index in [0.717, 1.165) is 41.5 Å². The van der Waals surface area contributed by atoms with Gasteiger partial charge in [-0.2, -0.15) is 0 Å². The zero-order valence-electron chi connectivity index (χ0n) is 14.2. The van der Waals surface area contributed by atoms with E-state index in [1.807, 2.05) is 32.1 Å². The topological polar surface area (TPSA) is 63.6 Å². The number of hydrogen-bond acceptors (Lipinski definition) is 4. The molecule has 0 unspecified atom stereocenters. The summed E-state index contributed by atoms with van der Waals surface area (Å²) in [6.07, 6.45) is 4.25. The van der Waals surface area contributed by atoms with E-state index in [0.29, 0.717) is 6.61 Å². The summed E-state index contributed by atoms with van der Waals surface area (Å²) in [6, 6.07) is 7.24. The fourth-order valence-corrected chi connectivity index (χ4v) is 5.67. The van der Waals surface area contributed by atoms with Gasteiger partial charge < -0.3 is 9.84 Å². The number of hydrogen-bond donors (Lipinski definition) is 1. The lowest BCUT2D eigenvalue weighted by Gasteiger charge is -2.13. The van der Waals surface area contributed by atoms with Gasteiger partial charge in [0, 0.05) is 5.56 Å². The molecule has 1 fully saturated rings. The third-order valence-corrected chi connectivity index (χ3v) is 6.93. The van der Waals surface area contributed by atoms with Crippen molar-refractivity contribution < 1.29 is 18.3 Å². The molecular weight excluding hydrogens is 324 g/mol. The van der Waals surface area contributed by atoms with Crippen LogP contribution in [0.4, 0.5) is 0 Å². The normalized spacial score (nSPS) is 26.0. The second-order valence-corrected chi connectivity index (χ2v) is 8.80. The Morgan fingerprint density at radius 3 is 2.83 bits per heavy atom. The second-order valence-electron chi connectivity index (χ2n) is 6.62. The van der Waals surface area contributed by atoms with Gasteiger partial charge in [-0.05, 0) is 37.8 Å².